The van der Waals surface area contributed by atoms with Gasteiger partial charge < -0.3 is 14.9 Å². The lowest BCUT2D eigenvalue weighted by atomic mass is 10.1. The van der Waals surface area contributed by atoms with Crippen molar-refractivity contribution in [1.29, 1.82) is 0 Å². The number of anilines is 1. The lowest BCUT2D eigenvalue weighted by Gasteiger charge is -2.10. The van der Waals surface area contributed by atoms with E-state index in [2.05, 4.69) is 31.3 Å². The van der Waals surface area contributed by atoms with Gasteiger partial charge in [-0.25, -0.2) is 15.8 Å². The Hall–Kier alpha value is -1.86. The van der Waals surface area contributed by atoms with Crippen LogP contribution < -0.4 is 20.7 Å². The summed E-state index contributed by atoms with van der Waals surface area (Å²) in [6.45, 7) is 0.234. The first-order valence-corrected chi connectivity index (χ1v) is 7.51. The average molecular weight is 349 g/mol. The Kier molecular flexibility index (Phi) is 2.97. The molecular weight excluding hydrogens is 336 g/mol. The number of nitrogen functional groups attached to an aromatic ring is 1. The molecular formula is C14H13BrN4O2. The van der Waals surface area contributed by atoms with Gasteiger partial charge in [0, 0.05) is 16.8 Å². The molecule has 1 aromatic heterocycles. The molecule has 0 unspecified atom stereocenters. The van der Waals surface area contributed by atoms with E-state index >= 15 is 0 Å². The molecule has 0 bridgehead atoms. The van der Waals surface area contributed by atoms with Crippen LogP contribution in [0.2, 0.25) is 0 Å². The van der Waals surface area contributed by atoms with Crippen molar-refractivity contribution in [2.75, 3.05) is 12.2 Å². The lowest BCUT2D eigenvalue weighted by Crippen LogP contribution is -2.12. The van der Waals surface area contributed by atoms with Crippen LogP contribution in [0.5, 0.6) is 11.5 Å². The van der Waals surface area contributed by atoms with Gasteiger partial charge >= 0.3 is 0 Å². The molecule has 6 nitrogen and oxygen atoms in total. The van der Waals surface area contributed by atoms with Crippen LogP contribution in [0, 0.1) is 0 Å². The van der Waals surface area contributed by atoms with Crippen molar-refractivity contribution in [3.63, 3.8) is 0 Å². The number of hydrogen-bond donors (Lipinski definition) is 2. The molecule has 2 heterocycles. The molecule has 108 valence electrons. The molecule has 2 aromatic rings. The van der Waals surface area contributed by atoms with E-state index in [-0.39, 0.29) is 6.79 Å². The number of ether oxygens (including phenoxy) is 2. The van der Waals surface area contributed by atoms with Crippen molar-refractivity contribution in [2.24, 2.45) is 5.84 Å². The van der Waals surface area contributed by atoms with Gasteiger partial charge in [0.05, 0.1) is 4.47 Å². The quantitative estimate of drug-likeness (QED) is 0.640. The average Bonchev–Trinajstić information content (AvgIpc) is 3.14. The van der Waals surface area contributed by atoms with Crippen LogP contribution in [0.4, 0.5) is 5.82 Å². The minimum Gasteiger partial charge on any atom is -0.454 e. The third-order valence-electron chi connectivity index (χ3n) is 3.76. The summed E-state index contributed by atoms with van der Waals surface area (Å²) in [5.74, 6) is 8.37. The standard InChI is InChI=1S/C14H13BrN4O2/c15-9-4-7(5-11-12(9)21-6-20-11)13-17-10-3-1-2-8(10)14(18-13)19-16/h4-5H,1-3,6,16H2,(H,17,18,19). The highest BCUT2D eigenvalue weighted by Crippen LogP contribution is 2.42. The third-order valence-corrected chi connectivity index (χ3v) is 4.34. The van der Waals surface area contributed by atoms with E-state index < -0.39 is 0 Å². The van der Waals surface area contributed by atoms with Gasteiger partial charge in [-0.2, -0.15) is 0 Å². The van der Waals surface area contributed by atoms with Crippen LogP contribution in [0.1, 0.15) is 17.7 Å². The van der Waals surface area contributed by atoms with Crippen LogP contribution in [-0.2, 0) is 12.8 Å². The normalized spacial score (nSPS) is 15.1. The first-order valence-electron chi connectivity index (χ1n) is 6.72. The topological polar surface area (TPSA) is 82.3 Å². The van der Waals surface area contributed by atoms with Gasteiger partial charge in [0.2, 0.25) is 6.79 Å². The third kappa shape index (κ3) is 2.04. The summed E-state index contributed by atoms with van der Waals surface area (Å²) >= 11 is 3.49. The Morgan fingerprint density at radius 2 is 2.10 bits per heavy atom. The summed E-state index contributed by atoms with van der Waals surface area (Å²) in [5.41, 5.74) is 5.76. The molecule has 0 saturated carbocycles. The number of rotatable bonds is 2. The SMILES string of the molecule is NNc1nc(-c2cc(Br)c3c(c2)OCO3)nc2c1CCC2. The molecule has 1 aliphatic carbocycles. The number of aryl methyl sites for hydroxylation is 1. The molecule has 1 aliphatic heterocycles. The highest BCUT2D eigenvalue weighted by atomic mass is 79.9. The first-order chi connectivity index (χ1) is 10.3. The zero-order chi connectivity index (χ0) is 14.4. The molecule has 4 rings (SSSR count). The first kappa shape index (κ1) is 12.8. The molecule has 0 amide bonds. The van der Waals surface area contributed by atoms with Gasteiger partial charge in [0.25, 0.3) is 0 Å². The van der Waals surface area contributed by atoms with Crippen molar-refractivity contribution < 1.29 is 9.47 Å². The van der Waals surface area contributed by atoms with Gasteiger partial charge in [0.15, 0.2) is 17.3 Å². The van der Waals surface area contributed by atoms with Crippen molar-refractivity contribution in [3.05, 3.63) is 27.9 Å². The monoisotopic (exact) mass is 348 g/mol. The van der Waals surface area contributed by atoms with E-state index in [1.807, 2.05) is 12.1 Å². The fourth-order valence-corrected chi connectivity index (χ4v) is 3.33. The molecule has 2 aliphatic rings. The summed E-state index contributed by atoms with van der Waals surface area (Å²) in [5, 5.41) is 0. The summed E-state index contributed by atoms with van der Waals surface area (Å²) in [6, 6.07) is 3.83. The van der Waals surface area contributed by atoms with Crippen molar-refractivity contribution in [2.45, 2.75) is 19.3 Å². The number of aromatic nitrogens is 2. The van der Waals surface area contributed by atoms with Crippen LogP contribution in [-0.4, -0.2) is 16.8 Å². The molecule has 3 N–H and O–H groups in total. The van der Waals surface area contributed by atoms with Crippen LogP contribution in [0.25, 0.3) is 11.4 Å². The minimum absolute atomic E-state index is 0.234. The predicted molar refractivity (Wildman–Crippen MR) is 81.1 cm³/mol. The number of hydrogen-bond acceptors (Lipinski definition) is 6. The summed E-state index contributed by atoms with van der Waals surface area (Å²) in [6.07, 6.45) is 3.03. The molecule has 1 aromatic carbocycles. The second-order valence-electron chi connectivity index (χ2n) is 5.01. The molecule has 21 heavy (non-hydrogen) atoms. The molecule has 0 saturated heterocycles. The molecule has 0 fully saturated rings. The highest BCUT2D eigenvalue weighted by molar-refractivity contribution is 9.10. The maximum Gasteiger partial charge on any atom is 0.231 e. The van der Waals surface area contributed by atoms with Gasteiger partial charge in [-0.3, -0.25) is 0 Å². The number of benzene rings is 1. The van der Waals surface area contributed by atoms with Crippen molar-refractivity contribution >= 4 is 21.7 Å². The summed E-state index contributed by atoms with van der Waals surface area (Å²) in [7, 11) is 0. The van der Waals surface area contributed by atoms with E-state index in [1.165, 1.54) is 0 Å². The summed E-state index contributed by atoms with van der Waals surface area (Å²) in [4.78, 5) is 9.21. The van der Waals surface area contributed by atoms with Gasteiger partial charge in [-0.15, -0.1) is 0 Å². The Morgan fingerprint density at radius 1 is 1.19 bits per heavy atom. The molecule has 0 spiro atoms. The maximum atomic E-state index is 5.60. The van der Waals surface area contributed by atoms with E-state index in [0.29, 0.717) is 17.4 Å². The van der Waals surface area contributed by atoms with Crippen LogP contribution >= 0.6 is 15.9 Å². The maximum absolute atomic E-state index is 5.60. The zero-order valence-electron chi connectivity index (χ0n) is 11.1. The summed E-state index contributed by atoms with van der Waals surface area (Å²) < 4.78 is 11.7. The van der Waals surface area contributed by atoms with Crippen LogP contribution in [0.3, 0.4) is 0 Å². The zero-order valence-corrected chi connectivity index (χ0v) is 12.7. The largest absolute Gasteiger partial charge is 0.454 e. The van der Waals surface area contributed by atoms with E-state index in [1.54, 1.807) is 0 Å². The predicted octanol–water partition coefficient (Wildman–Crippen LogP) is 2.41. The van der Waals surface area contributed by atoms with Gasteiger partial charge in [-0.1, -0.05) is 0 Å². The second-order valence-corrected chi connectivity index (χ2v) is 5.87. The van der Waals surface area contributed by atoms with Crippen molar-refractivity contribution in [1.82, 2.24) is 9.97 Å². The fourth-order valence-electron chi connectivity index (χ4n) is 2.78. The molecule has 0 atom stereocenters. The number of hydrazine groups is 1. The number of halogens is 1. The number of nitrogens with one attached hydrogen (secondary N) is 1. The lowest BCUT2D eigenvalue weighted by molar-refractivity contribution is 0.173. The Labute approximate surface area is 129 Å². The second kappa shape index (κ2) is 4.85. The van der Waals surface area contributed by atoms with E-state index in [9.17, 15) is 0 Å². The highest BCUT2D eigenvalue weighted by Gasteiger charge is 2.22. The van der Waals surface area contributed by atoms with Crippen LogP contribution in [0.15, 0.2) is 16.6 Å². The number of nitrogens with two attached hydrogens (primary N) is 1. The smallest absolute Gasteiger partial charge is 0.231 e. The van der Waals surface area contributed by atoms with Gasteiger partial charge in [0.1, 0.15) is 5.82 Å². The number of fused-ring (bicyclic) bond motifs is 2. The molecule has 7 heteroatoms. The number of nitrogens with zero attached hydrogens (tertiary/aromatic N) is 2. The Morgan fingerprint density at radius 3 is 2.95 bits per heavy atom. The minimum atomic E-state index is 0.234. The van der Waals surface area contributed by atoms with Gasteiger partial charge in [-0.05, 0) is 47.3 Å². The fraction of sp³-hybridized carbons (Fsp3) is 0.286. The van der Waals surface area contributed by atoms with E-state index in [0.717, 1.165) is 46.3 Å². The Balaban J connectivity index is 1.86. The van der Waals surface area contributed by atoms with Crippen molar-refractivity contribution in [3.8, 4) is 22.9 Å². The molecule has 0 radical (unpaired) electrons. The van der Waals surface area contributed by atoms with E-state index in [4.69, 9.17) is 15.3 Å². The Bertz CT molecular complexity index is 735.